The third kappa shape index (κ3) is 6.38. The number of urea groups is 1. The van der Waals surface area contributed by atoms with E-state index in [0.717, 1.165) is 43.6 Å². The summed E-state index contributed by atoms with van der Waals surface area (Å²) in [6, 6.07) is 7.77. The number of anilines is 1. The van der Waals surface area contributed by atoms with E-state index < -0.39 is 0 Å². The molecule has 1 saturated heterocycles. The minimum atomic E-state index is -0.203. The molecule has 1 heterocycles. The Bertz CT molecular complexity index is 565. The zero-order chi connectivity index (χ0) is 18.2. The van der Waals surface area contributed by atoms with Crippen molar-refractivity contribution in [1.82, 2.24) is 15.1 Å². The minimum Gasteiger partial charge on any atom is -0.343 e. The molecule has 1 aliphatic heterocycles. The van der Waals surface area contributed by atoms with Crippen LogP contribution in [0.3, 0.4) is 0 Å². The summed E-state index contributed by atoms with van der Waals surface area (Å²) in [6.07, 6.45) is 3.54. The molecule has 25 heavy (non-hydrogen) atoms. The van der Waals surface area contributed by atoms with Gasteiger partial charge in [0.05, 0.1) is 0 Å². The highest BCUT2D eigenvalue weighted by Gasteiger charge is 2.17. The maximum atomic E-state index is 12.1. The fraction of sp³-hybridized carbons (Fsp3) is 0.579. The van der Waals surface area contributed by atoms with Crippen LogP contribution in [0.1, 0.15) is 31.7 Å². The Morgan fingerprint density at radius 3 is 2.40 bits per heavy atom. The molecular weight excluding hydrogens is 316 g/mol. The lowest BCUT2D eigenvalue weighted by Crippen LogP contribution is -2.40. The van der Waals surface area contributed by atoms with Gasteiger partial charge in [-0.15, -0.1) is 0 Å². The second-order valence-electron chi connectivity index (χ2n) is 6.93. The Labute approximate surface area is 150 Å². The van der Waals surface area contributed by atoms with Crippen molar-refractivity contribution in [1.29, 1.82) is 0 Å². The zero-order valence-corrected chi connectivity index (χ0v) is 15.5. The third-order valence-electron chi connectivity index (χ3n) is 4.74. The molecule has 138 valence electrons. The number of hydrogen-bond donors (Lipinski definition) is 2. The number of hydrogen-bond acceptors (Lipinski definition) is 3. The average molecular weight is 346 g/mol. The first-order valence-electron chi connectivity index (χ1n) is 9.03. The van der Waals surface area contributed by atoms with Gasteiger partial charge in [0.1, 0.15) is 0 Å². The van der Waals surface area contributed by atoms with Crippen LogP contribution in [-0.2, 0) is 11.2 Å². The van der Waals surface area contributed by atoms with Gasteiger partial charge in [0.25, 0.3) is 0 Å². The molecule has 1 aromatic rings. The van der Waals surface area contributed by atoms with Gasteiger partial charge in [-0.05, 0) is 58.0 Å². The van der Waals surface area contributed by atoms with Crippen molar-refractivity contribution < 1.29 is 9.59 Å². The van der Waals surface area contributed by atoms with Crippen LogP contribution < -0.4 is 10.6 Å². The van der Waals surface area contributed by atoms with E-state index in [1.165, 1.54) is 0 Å². The third-order valence-corrected chi connectivity index (χ3v) is 4.74. The molecule has 0 radical (unpaired) electrons. The highest BCUT2D eigenvalue weighted by Crippen LogP contribution is 2.14. The van der Waals surface area contributed by atoms with Crippen molar-refractivity contribution in [3.63, 3.8) is 0 Å². The van der Waals surface area contributed by atoms with Crippen LogP contribution in [0.15, 0.2) is 24.3 Å². The second kappa shape index (κ2) is 9.42. The van der Waals surface area contributed by atoms with Crippen molar-refractivity contribution in [2.24, 2.45) is 0 Å². The smallest absolute Gasteiger partial charge is 0.319 e. The number of benzene rings is 1. The topological polar surface area (TPSA) is 64.7 Å². The lowest BCUT2D eigenvalue weighted by molar-refractivity contribution is -0.130. The van der Waals surface area contributed by atoms with E-state index in [1.54, 1.807) is 0 Å². The molecular formula is C19H30N4O2. The molecule has 2 rings (SSSR count). The van der Waals surface area contributed by atoms with Gasteiger partial charge >= 0.3 is 6.03 Å². The lowest BCUT2D eigenvalue weighted by Gasteiger charge is -2.20. The number of aryl methyl sites for hydroxylation is 1. The molecule has 6 heteroatoms. The molecule has 0 spiro atoms. The summed E-state index contributed by atoms with van der Waals surface area (Å²) in [5.41, 5.74) is 1.87. The summed E-state index contributed by atoms with van der Waals surface area (Å²) in [5.74, 6) is 0.245. The van der Waals surface area contributed by atoms with Crippen LogP contribution in [0.2, 0.25) is 0 Å². The Morgan fingerprint density at radius 1 is 1.16 bits per heavy atom. The van der Waals surface area contributed by atoms with Gasteiger partial charge in [0.2, 0.25) is 5.91 Å². The first-order chi connectivity index (χ1) is 12.0. The number of rotatable bonds is 7. The largest absolute Gasteiger partial charge is 0.343 e. The number of likely N-dealkylation sites (N-methyl/N-ethyl adjacent to an activating group) is 1. The zero-order valence-electron chi connectivity index (χ0n) is 15.5. The molecule has 1 aromatic carbocycles. The first-order valence-corrected chi connectivity index (χ1v) is 9.03. The van der Waals surface area contributed by atoms with E-state index in [-0.39, 0.29) is 18.0 Å². The van der Waals surface area contributed by atoms with Gasteiger partial charge in [-0.1, -0.05) is 12.1 Å². The van der Waals surface area contributed by atoms with E-state index in [9.17, 15) is 9.59 Å². The van der Waals surface area contributed by atoms with Crippen LogP contribution >= 0.6 is 0 Å². The van der Waals surface area contributed by atoms with Crippen LogP contribution in [0.25, 0.3) is 0 Å². The van der Waals surface area contributed by atoms with E-state index in [2.05, 4.69) is 22.5 Å². The van der Waals surface area contributed by atoms with Crippen LogP contribution in [0.5, 0.6) is 0 Å². The molecule has 0 bridgehead atoms. The maximum absolute atomic E-state index is 12.1. The number of carbonyl (C=O) groups is 2. The van der Waals surface area contributed by atoms with Crippen molar-refractivity contribution in [2.75, 3.05) is 39.0 Å². The molecule has 0 saturated carbocycles. The lowest BCUT2D eigenvalue weighted by atomic mass is 10.1. The Balaban J connectivity index is 1.73. The number of carbonyl (C=O) groups excluding carboxylic acids is 2. The van der Waals surface area contributed by atoms with E-state index in [4.69, 9.17) is 0 Å². The fourth-order valence-electron chi connectivity index (χ4n) is 2.73. The number of likely N-dealkylation sites (tertiary alicyclic amines) is 1. The summed E-state index contributed by atoms with van der Waals surface area (Å²) in [6.45, 7) is 4.46. The van der Waals surface area contributed by atoms with Crippen LogP contribution in [-0.4, -0.2) is 61.5 Å². The summed E-state index contributed by atoms with van der Waals surface area (Å²) in [7, 11) is 3.97. The minimum absolute atomic E-state index is 0.203. The Morgan fingerprint density at radius 2 is 1.80 bits per heavy atom. The molecule has 1 aliphatic rings. The molecule has 0 aliphatic carbocycles. The van der Waals surface area contributed by atoms with E-state index in [1.807, 2.05) is 43.3 Å². The predicted octanol–water partition coefficient (Wildman–Crippen LogP) is 2.31. The summed E-state index contributed by atoms with van der Waals surface area (Å²) < 4.78 is 0. The van der Waals surface area contributed by atoms with Crippen molar-refractivity contribution >= 4 is 17.6 Å². The van der Waals surface area contributed by atoms with Crippen LogP contribution in [0.4, 0.5) is 10.5 Å². The van der Waals surface area contributed by atoms with Gasteiger partial charge in [-0.2, -0.15) is 0 Å². The fourth-order valence-corrected chi connectivity index (χ4v) is 2.73. The summed E-state index contributed by atoms with van der Waals surface area (Å²) in [5, 5.41) is 5.69. The van der Waals surface area contributed by atoms with Gasteiger partial charge in [-0.3, -0.25) is 4.79 Å². The molecule has 6 nitrogen and oxygen atoms in total. The standard InChI is InChI=1S/C19H30N4O2/c1-15(22(2)3)14-20-19(25)21-17-9-6-16(7-10-17)8-11-18(24)23-12-4-5-13-23/h6-7,9-10,15H,4-5,8,11-14H2,1-3H3,(H2,20,21,25)/t15-/m1/s1. The molecule has 0 aromatic heterocycles. The average Bonchev–Trinajstić information content (AvgIpc) is 3.13. The SMILES string of the molecule is C[C@H](CNC(=O)Nc1ccc(CCC(=O)N2CCCC2)cc1)N(C)C. The van der Waals surface area contributed by atoms with E-state index in [0.29, 0.717) is 13.0 Å². The Kier molecular flexibility index (Phi) is 7.25. The van der Waals surface area contributed by atoms with Crippen LogP contribution in [0, 0.1) is 0 Å². The number of nitrogens with one attached hydrogen (secondary N) is 2. The maximum Gasteiger partial charge on any atom is 0.319 e. The molecule has 1 atom stereocenters. The predicted molar refractivity (Wildman–Crippen MR) is 101 cm³/mol. The first kappa shape index (κ1) is 19.2. The molecule has 0 unspecified atom stereocenters. The number of amides is 3. The van der Waals surface area contributed by atoms with Crippen molar-refractivity contribution in [3.8, 4) is 0 Å². The second-order valence-corrected chi connectivity index (χ2v) is 6.93. The van der Waals surface area contributed by atoms with E-state index >= 15 is 0 Å². The quantitative estimate of drug-likeness (QED) is 0.796. The highest BCUT2D eigenvalue weighted by atomic mass is 16.2. The normalized spacial score (nSPS) is 15.3. The van der Waals surface area contributed by atoms with Gasteiger partial charge in [-0.25, -0.2) is 4.79 Å². The van der Waals surface area contributed by atoms with Gasteiger partial charge in [0.15, 0.2) is 0 Å². The molecule has 2 N–H and O–H groups in total. The number of nitrogens with zero attached hydrogens (tertiary/aromatic N) is 2. The Hall–Kier alpha value is -2.08. The van der Waals surface area contributed by atoms with Crippen molar-refractivity contribution in [3.05, 3.63) is 29.8 Å². The molecule has 3 amide bonds. The van der Waals surface area contributed by atoms with Crippen molar-refractivity contribution in [2.45, 2.75) is 38.6 Å². The van der Waals surface area contributed by atoms with Gasteiger partial charge in [0, 0.05) is 37.8 Å². The summed E-state index contributed by atoms with van der Waals surface area (Å²) >= 11 is 0. The van der Waals surface area contributed by atoms with Gasteiger partial charge < -0.3 is 20.4 Å². The molecule has 1 fully saturated rings. The monoisotopic (exact) mass is 346 g/mol. The summed E-state index contributed by atoms with van der Waals surface area (Å²) in [4.78, 5) is 28.0. The highest BCUT2D eigenvalue weighted by molar-refractivity contribution is 5.89.